The van der Waals surface area contributed by atoms with Gasteiger partial charge in [0.2, 0.25) is 0 Å². The number of hydrogen-bond donors (Lipinski definition) is 1. The molecule has 170 valence electrons. The van der Waals surface area contributed by atoms with Crippen molar-refractivity contribution >= 4 is 0 Å². The molecule has 3 nitrogen and oxygen atoms in total. The van der Waals surface area contributed by atoms with Crippen molar-refractivity contribution in [2.75, 3.05) is 6.54 Å². The lowest BCUT2D eigenvalue weighted by Crippen LogP contribution is -2.39. The number of hydrogen-bond acceptors (Lipinski definition) is 3. The van der Waals surface area contributed by atoms with Crippen LogP contribution in [-0.4, -0.2) is 19.3 Å². The summed E-state index contributed by atoms with van der Waals surface area (Å²) in [4.78, 5) is 0. The lowest BCUT2D eigenvalue weighted by Gasteiger charge is -2.35. The van der Waals surface area contributed by atoms with Gasteiger partial charge in [-0.15, -0.1) is 26.3 Å². The predicted octanol–water partition coefficient (Wildman–Crippen LogP) is 5.97. The summed E-state index contributed by atoms with van der Waals surface area (Å²) in [5.74, 6) is -0.910. The van der Waals surface area contributed by atoms with E-state index in [2.05, 4.69) is 9.47 Å². The van der Waals surface area contributed by atoms with E-state index in [0.717, 1.165) is 17.7 Å². The molecule has 0 fully saturated rings. The summed E-state index contributed by atoms with van der Waals surface area (Å²) in [6, 6.07) is 19.5. The Balaban J connectivity index is 2.14. The summed E-state index contributed by atoms with van der Waals surface area (Å²) in [6.07, 6.45) is -9.58. The first-order valence-corrected chi connectivity index (χ1v) is 9.47. The van der Waals surface area contributed by atoms with E-state index in [-0.39, 0.29) is 13.0 Å². The van der Waals surface area contributed by atoms with Crippen molar-refractivity contribution in [3.63, 3.8) is 0 Å². The van der Waals surface area contributed by atoms with E-state index in [1.54, 1.807) is 42.5 Å². The second-order valence-electron chi connectivity index (χ2n) is 7.10. The van der Waals surface area contributed by atoms with Gasteiger partial charge in [0, 0.05) is 12.0 Å². The Labute approximate surface area is 180 Å². The molecule has 2 N–H and O–H groups in total. The average Bonchev–Trinajstić information content (AvgIpc) is 2.71. The molecule has 9 heteroatoms. The Hall–Kier alpha value is -3.20. The minimum atomic E-state index is -4.90. The van der Waals surface area contributed by atoms with E-state index in [4.69, 9.17) is 5.73 Å². The first-order valence-electron chi connectivity index (χ1n) is 9.47. The maximum absolute atomic E-state index is 12.8. The van der Waals surface area contributed by atoms with E-state index >= 15 is 0 Å². The predicted molar refractivity (Wildman–Crippen MR) is 106 cm³/mol. The van der Waals surface area contributed by atoms with Crippen LogP contribution >= 0.6 is 0 Å². The van der Waals surface area contributed by atoms with Gasteiger partial charge in [-0.2, -0.15) is 0 Å². The highest BCUT2D eigenvalue weighted by atomic mass is 19.4. The highest BCUT2D eigenvalue weighted by Crippen LogP contribution is 2.39. The third-order valence-corrected chi connectivity index (χ3v) is 4.94. The van der Waals surface area contributed by atoms with Crippen molar-refractivity contribution in [3.8, 4) is 11.5 Å². The molecule has 0 aliphatic rings. The summed E-state index contributed by atoms with van der Waals surface area (Å²) in [5.41, 5.74) is 6.50. The van der Waals surface area contributed by atoms with Gasteiger partial charge in [-0.05, 0) is 47.4 Å². The zero-order chi connectivity index (χ0) is 23.4. The molecule has 3 aromatic carbocycles. The molecule has 0 radical (unpaired) electrons. The summed E-state index contributed by atoms with van der Waals surface area (Å²) in [6.45, 7) is -0.104. The van der Waals surface area contributed by atoms with Crippen LogP contribution in [0.4, 0.5) is 26.3 Å². The largest absolute Gasteiger partial charge is 0.573 e. The second kappa shape index (κ2) is 9.12. The van der Waals surface area contributed by atoms with Crippen LogP contribution in [0, 0.1) is 0 Å². The minimum Gasteiger partial charge on any atom is -0.406 e. The lowest BCUT2D eigenvalue weighted by atomic mass is 9.70. The molecule has 0 amide bonds. The maximum atomic E-state index is 12.8. The maximum Gasteiger partial charge on any atom is 0.573 e. The van der Waals surface area contributed by atoms with Gasteiger partial charge in [-0.25, -0.2) is 0 Å². The van der Waals surface area contributed by atoms with Gasteiger partial charge in [0.05, 0.1) is 0 Å². The lowest BCUT2D eigenvalue weighted by molar-refractivity contribution is -0.275. The van der Waals surface area contributed by atoms with Crippen LogP contribution in [0.2, 0.25) is 0 Å². The summed E-state index contributed by atoms with van der Waals surface area (Å²) in [7, 11) is 0. The Morgan fingerprint density at radius 3 is 1.50 bits per heavy atom. The molecule has 0 atom stereocenters. The third kappa shape index (κ3) is 5.94. The van der Waals surface area contributed by atoms with Crippen molar-refractivity contribution in [1.29, 1.82) is 0 Å². The first kappa shape index (κ1) is 23.5. The first-order chi connectivity index (χ1) is 15.0. The normalized spacial score (nSPS) is 12.5. The number of alkyl halides is 6. The summed E-state index contributed by atoms with van der Waals surface area (Å²) in [5, 5.41) is 0. The van der Waals surface area contributed by atoms with E-state index in [1.807, 2.05) is 0 Å². The van der Waals surface area contributed by atoms with Crippen LogP contribution in [0.3, 0.4) is 0 Å². The topological polar surface area (TPSA) is 44.5 Å². The Kier molecular flexibility index (Phi) is 6.68. The molecule has 3 rings (SSSR count). The Bertz CT molecular complexity index is 975. The van der Waals surface area contributed by atoms with Crippen molar-refractivity contribution in [2.45, 2.75) is 24.6 Å². The van der Waals surface area contributed by atoms with Crippen LogP contribution in [0.15, 0.2) is 78.9 Å². The SMILES string of the molecule is NCC(Cc1ccccc1)(c1cccc(OC(F)(F)F)c1)c1cccc(OC(F)(F)F)c1. The zero-order valence-corrected chi connectivity index (χ0v) is 16.6. The summed E-state index contributed by atoms with van der Waals surface area (Å²) >= 11 is 0. The molecule has 0 saturated carbocycles. The molecule has 0 aliphatic carbocycles. The minimum absolute atomic E-state index is 0.104. The second-order valence-corrected chi connectivity index (χ2v) is 7.10. The number of nitrogens with two attached hydrogens (primary N) is 1. The molecule has 0 aliphatic heterocycles. The molecule has 0 heterocycles. The molecular weight excluding hydrogens is 436 g/mol. The van der Waals surface area contributed by atoms with E-state index < -0.39 is 29.6 Å². The van der Waals surface area contributed by atoms with E-state index in [9.17, 15) is 26.3 Å². The van der Waals surface area contributed by atoms with Crippen LogP contribution < -0.4 is 15.2 Å². The molecule has 0 spiro atoms. The number of benzene rings is 3. The fourth-order valence-corrected chi connectivity index (χ4v) is 3.60. The van der Waals surface area contributed by atoms with E-state index in [0.29, 0.717) is 11.1 Å². The van der Waals surface area contributed by atoms with Crippen molar-refractivity contribution in [2.24, 2.45) is 5.73 Å². The van der Waals surface area contributed by atoms with Crippen molar-refractivity contribution in [3.05, 3.63) is 95.6 Å². The van der Waals surface area contributed by atoms with Gasteiger partial charge in [0.1, 0.15) is 11.5 Å². The van der Waals surface area contributed by atoms with Gasteiger partial charge in [-0.3, -0.25) is 0 Å². The standard InChI is InChI=1S/C23H19F6NO2/c24-22(25,26)31-19-10-4-8-17(12-19)21(15-30,14-16-6-2-1-3-7-16)18-9-5-11-20(13-18)32-23(27,28)29/h1-13H,14-15,30H2. The molecule has 32 heavy (non-hydrogen) atoms. The van der Waals surface area contributed by atoms with Gasteiger partial charge in [0.25, 0.3) is 0 Å². The smallest absolute Gasteiger partial charge is 0.406 e. The highest BCUT2D eigenvalue weighted by molar-refractivity contribution is 5.47. The molecular formula is C23H19F6NO2. The number of ether oxygens (including phenoxy) is 2. The van der Waals surface area contributed by atoms with Crippen LogP contribution in [0.1, 0.15) is 16.7 Å². The molecule has 0 bridgehead atoms. The fourth-order valence-electron chi connectivity index (χ4n) is 3.60. The quantitative estimate of drug-likeness (QED) is 0.447. The highest BCUT2D eigenvalue weighted by Gasteiger charge is 2.37. The van der Waals surface area contributed by atoms with Crippen molar-refractivity contribution in [1.82, 2.24) is 0 Å². The van der Waals surface area contributed by atoms with Gasteiger partial charge in [-0.1, -0.05) is 54.6 Å². The fraction of sp³-hybridized carbons (Fsp3) is 0.217. The third-order valence-electron chi connectivity index (χ3n) is 4.94. The molecule has 3 aromatic rings. The van der Waals surface area contributed by atoms with Gasteiger partial charge in [0.15, 0.2) is 0 Å². The van der Waals surface area contributed by atoms with E-state index in [1.165, 1.54) is 24.3 Å². The number of rotatable bonds is 7. The Morgan fingerprint density at radius 2 is 1.09 bits per heavy atom. The van der Waals surface area contributed by atoms with Crippen molar-refractivity contribution < 1.29 is 35.8 Å². The monoisotopic (exact) mass is 455 g/mol. The van der Waals surface area contributed by atoms with Gasteiger partial charge >= 0.3 is 12.7 Å². The van der Waals surface area contributed by atoms with Crippen LogP contribution in [0.5, 0.6) is 11.5 Å². The van der Waals surface area contributed by atoms with Gasteiger partial charge < -0.3 is 15.2 Å². The van der Waals surface area contributed by atoms with Crippen LogP contribution in [0.25, 0.3) is 0 Å². The van der Waals surface area contributed by atoms with Crippen LogP contribution in [-0.2, 0) is 11.8 Å². The molecule has 0 aromatic heterocycles. The zero-order valence-electron chi connectivity index (χ0n) is 16.6. The summed E-state index contributed by atoms with van der Waals surface area (Å²) < 4.78 is 84.7. The Morgan fingerprint density at radius 1 is 0.625 bits per heavy atom. The molecule has 0 saturated heterocycles. The average molecular weight is 455 g/mol. The number of halogens is 6. The molecule has 0 unspecified atom stereocenters.